The van der Waals surface area contributed by atoms with Gasteiger partial charge in [0.2, 0.25) is 0 Å². The van der Waals surface area contributed by atoms with E-state index in [1.807, 2.05) is 12.1 Å². The second-order valence-electron chi connectivity index (χ2n) is 9.46. The molecule has 5 rings (SSSR count). The van der Waals surface area contributed by atoms with Gasteiger partial charge in [-0.2, -0.15) is 0 Å². The third kappa shape index (κ3) is 2.71. The number of fused-ring (bicyclic) bond motifs is 4. The molecular weight excluding hydrogens is 342 g/mol. The lowest BCUT2D eigenvalue weighted by Gasteiger charge is -2.42. The molecule has 2 nitrogen and oxygen atoms in total. The summed E-state index contributed by atoms with van der Waals surface area (Å²) in [7, 11) is 0. The number of rotatable bonds is 2. The molecule has 0 saturated heterocycles. The van der Waals surface area contributed by atoms with Crippen LogP contribution in [0.2, 0.25) is 0 Å². The SMILES string of the molecule is CC1(C)CCC(C)(C)c2cc(Nc3ccc4c(c3)oc3ccccc34)ccc21. The molecule has 0 saturated carbocycles. The summed E-state index contributed by atoms with van der Waals surface area (Å²) >= 11 is 0. The molecule has 0 atom stereocenters. The van der Waals surface area contributed by atoms with E-state index in [1.165, 1.54) is 29.4 Å². The summed E-state index contributed by atoms with van der Waals surface area (Å²) in [5.74, 6) is 0. The van der Waals surface area contributed by atoms with Crippen molar-refractivity contribution in [1.29, 1.82) is 0 Å². The zero-order chi connectivity index (χ0) is 19.5. The number of anilines is 2. The van der Waals surface area contributed by atoms with Gasteiger partial charge in [0, 0.05) is 28.2 Å². The summed E-state index contributed by atoms with van der Waals surface area (Å²) in [5, 5.41) is 5.93. The highest BCUT2D eigenvalue weighted by Crippen LogP contribution is 2.46. The third-order valence-corrected chi connectivity index (χ3v) is 6.52. The van der Waals surface area contributed by atoms with E-state index in [-0.39, 0.29) is 10.8 Å². The number of hydrogen-bond acceptors (Lipinski definition) is 2. The largest absolute Gasteiger partial charge is 0.456 e. The van der Waals surface area contributed by atoms with E-state index in [2.05, 4.69) is 81.5 Å². The van der Waals surface area contributed by atoms with E-state index in [1.54, 1.807) is 0 Å². The molecule has 0 radical (unpaired) electrons. The summed E-state index contributed by atoms with van der Waals surface area (Å²) in [4.78, 5) is 0. The maximum atomic E-state index is 6.04. The van der Waals surface area contributed by atoms with Gasteiger partial charge in [0.05, 0.1) is 0 Å². The van der Waals surface area contributed by atoms with Crippen LogP contribution in [0.5, 0.6) is 0 Å². The van der Waals surface area contributed by atoms with Crippen LogP contribution in [0.3, 0.4) is 0 Å². The summed E-state index contributed by atoms with van der Waals surface area (Å²) in [6, 6.07) is 21.5. The summed E-state index contributed by atoms with van der Waals surface area (Å²) in [6.07, 6.45) is 2.46. The molecule has 142 valence electrons. The van der Waals surface area contributed by atoms with Gasteiger partial charge >= 0.3 is 0 Å². The van der Waals surface area contributed by atoms with Crippen molar-refractivity contribution >= 4 is 33.3 Å². The molecule has 4 aromatic rings. The van der Waals surface area contributed by atoms with Crippen LogP contribution < -0.4 is 5.32 Å². The Morgan fingerprint density at radius 1 is 0.679 bits per heavy atom. The highest BCUT2D eigenvalue weighted by molar-refractivity contribution is 6.05. The van der Waals surface area contributed by atoms with Gasteiger partial charge < -0.3 is 9.73 Å². The van der Waals surface area contributed by atoms with Gasteiger partial charge in [-0.15, -0.1) is 0 Å². The van der Waals surface area contributed by atoms with Gasteiger partial charge in [0.15, 0.2) is 0 Å². The van der Waals surface area contributed by atoms with Crippen molar-refractivity contribution in [2.45, 2.75) is 51.4 Å². The smallest absolute Gasteiger partial charge is 0.137 e. The molecule has 3 aromatic carbocycles. The minimum absolute atomic E-state index is 0.214. The molecule has 1 aliphatic carbocycles. The monoisotopic (exact) mass is 369 g/mol. The molecule has 1 aromatic heterocycles. The quantitative estimate of drug-likeness (QED) is 0.392. The fraction of sp³-hybridized carbons (Fsp3) is 0.308. The summed E-state index contributed by atoms with van der Waals surface area (Å²) < 4.78 is 6.04. The van der Waals surface area contributed by atoms with Gasteiger partial charge in [0.1, 0.15) is 11.2 Å². The van der Waals surface area contributed by atoms with E-state index in [9.17, 15) is 0 Å². The van der Waals surface area contributed by atoms with Crippen molar-refractivity contribution in [3.63, 3.8) is 0 Å². The first kappa shape index (κ1) is 17.4. The highest BCUT2D eigenvalue weighted by Gasteiger charge is 2.36. The normalized spacial score (nSPS) is 17.6. The topological polar surface area (TPSA) is 25.2 Å². The Morgan fingerprint density at radius 2 is 1.32 bits per heavy atom. The lowest BCUT2D eigenvalue weighted by Crippen LogP contribution is -2.33. The molecule has 0 spiro atoms. The Morgan fingerprint density at radius 3 is 2.14 bits per heavy atom. The lowest BCUT2D eigenvalue weighted by molar-refractivity contribution is 0.332. The number of furan rings is 1. The molecule has 0 unspecified atom stereocenters. The highest BCUT2D eigenvalue weighted by atomic mass is 16.3. The van der Waals surface area contributed by atoms with Gasteiger partial charge in [-0.1, -0.05) is 52.0 Å². The predicted molar refractivity (Wildman–Crippen MR) is 119 cm³/mol. The molecule has 1 heterocycles. The average molecular weight is 370 g/mol. The predicted octanol–water partition coefficient (Wildman–Crippen LogP) is 7.68. The first-order valence-electron chi connectivity index (χ1n) is 10.2. The second-order valence-corrected chi connectivity index (χ2v) is 9.46. The van der Waals surface area contributed by atoms with Crippen LogP contribution in [0.1, 0.15) is 51.7 Å². The first-order valence-corrected chi connectivity index (χ1v) is 10.2. The maximum Gasteiger partial charge on any atom is 0.137 e. The molecule has 28 heavy (non-hydrogen) atoms. The van der Waals surface area contributed by atoms with E-state index >= 15 is 0 Å². The Balaban J connectivity index is 1.53. The van der Waals surface area contributed by atoms with Gasteiger partial charge in [-0.3, -0.25) is 0 Å². The van der Waals surface area contributed by atoms with Gasteiger partial charge in [0.25, 0.3) is 0 Å². The van der Waals surface area contributed by atoms with Crippen LogP contribution in [0, 0.1) is 0 Å². The molecule has 2 heteroatoms. The van der Waals surface area contributed by atoms with Crippen LogP contribution in [0.25, 0.3) is 21.9 Å². The van der Waals surface area contributed by atoms with E-state index < -0.39 is 0 Å². The van der Waals surface area contributed by atoms with Crippen molar-refractivity contribution in [3.05, 3.63) is 71.8 Å². The van der Waals surface area contributed by atoms with Crippen molar-refractivity contribution < 1.29 is 4.42 Å². The molecular formula is C26H27NO. The Bertz CT molecular complexity index is 1200. The third-order valence-electron chi connectivity index (χ3n) is 6.52. The summed E-state index contributed by atoms with van der Waals surface area (Å²) in [6.45, 7) is 9.46. The lowest BCUT2D eigenvalue weighted by atomic mass is 9.63. The molecule has 0 fully saturated rings. The second kappa shape index (κ2) is 5.88. The van der Waals surface area contributed by atoms with Crippen LogP contribution in [-0.4, -0.2) is 0 Å². The molecule has 0 amide bonds. The van der Waals surface area contributed by atoms with Crippen LogP contribution in [0.15, 0.2) is 65.1 Å². The van der Waals surface area contributed by atoms with Crippen LogP contribution in [0.4, 0.5) is 11.4 Å². The Hall–Kier alpha value is -2.74. The standard InChI is InChI=1S/C26H27NO/c1-25(2)13-14-26(3,4)22-15-17(10-12-21(22)25)27-18-9-11-20-19-7-5-6-8-23(19)28-24(20)16-18/h5-12,15-16,27H,13-14H2,1-4H3. The minimum Gasteiger partial charge on any atom is -0.456 e. The number of nitrogens with one attached hydrogen (secondary N) is 1. The van der Waals surface area contributed by atoms with Crippen molar-refractivity contribution in [3.8, 4) is 0 Å². The van der Waals surface area contributed by atoms with Crippen LogP contribution in [-0.2, 0) is 10.8 Å². The fourth-order valence-electron chi connectivity index (χ4n) is 4.64. The summed E-state index contributed by atoms with van der Waals surface area (Å²) in [5.41, 5.74) is 7.47. The van der Waals surface area contributed by atoms with E-state index in [4.69, 9.17) is 4.42 Å². The molecule has 1 aliphatic rings. The average Bonchev–Trinajstić information content (AvgIpc) is 3.03. The van der Waals surface area contributed by atoms with Crippen molar-refractivity contribution in [1.82, 2.24) is 0 Å². The molecule has 1 N–H and O–H groups in total. The Labute approximate surface area is 166 Å². The number of benzene rings is 3. The van der Waals surface area contributed by atoms with E-state index in [0.717, 1.165) is 27.9 Å². The molecule has 0 bridgehead atoms. The minimum atomic E-state index is 0.214. The number of para-hydroxylation sites is 1. The number of hydrogen-bond donors (Lipinski definition) is 1. The Kier molecular flexibility index (Phi) is 3.64. The molecule has 0 aliphatic heterocycles. The van der Waals surface area contributed by atoms with Crippen LogP contribution >= 0.6 is 0 Å². The van der Waals surface area contributed by atoms with E-state index in [0.29, 0.717) is 0 Å². The van der Waals surface area contributed by atoms with Gasteiger partial charge in [-0.05, 0) is 65.1 Å². The first-order chi connectivity index (χ1) is 13.3. The van der Waals surface area contributed by atoms with Crippen molar-refractivity contribution in [2.24, 2.45) is 0 Å². The zero-order valence-electron chi connectivity index (χ0n) is 17.1. The fourth-order valence-corrected chi connectivity index (χ4v) is 4.64. The van der Waals surface area contributed by atoms with Crippen molar-refractivity contribution in [2.75, 3.05) is 5.32 Å². The van der Waals surface area contributed by atoms with Gasteiger partial charge in [-0.25, -0.2) is 0 Å². The maximum absolute atomic E-state index is 6.04. The zero-order valence-corrected chi connectivity index (χ0v) is 17.1.